The van der Waals surface area contributed by atoms with Crippen molar-refractivity contribution in [3.05, 3.63) is 29.8 Å². The maximum atomic E-state index is 12.0. The van der Waals surface area contributed by atoms with Gasteiger partial charge >= 0.3 is 6.03 Å². The topological polar surface area (TPSA) is 68.8 Å². The summed E-state index contributed by atoms with van der Waals surface area (Å²) in [6, 6.07) is 7.53. The third-order valence-electron chi connectivity index (χ3n) is 4.55. The molecule has 2 fully saturated rings. The number of carbonyl (C=O) groups is 1. The third-order valence-corrected chi connectivity index (χ3v) is 4.55. The highest BCUT2D eigenvalue weighted by molar-refractivity contribution is 5.89. The first-order valence-electron chi connectivity index (χ1n) is 9.24. The SMILES string of the molecule is O=C(NC[C@@H]1CCCO1)Nc1cccc(COC[C@H]2CCCCO2)c1. The van der Waals surface area contributed by atoms with Crippen LogP contribution in [0.15, 0.2) is 24.3 Å². The second kappa shape index (κ2) is 9.75. The monoisotopic (exact) mass is 348 g/mol. The van der Waals surface area contributed by atoms with Gasteiger partial charge in [0, 0.05) is 25.4 Å². The number of rotatable bonds is 7. The van der Waals surface area contributed by atoms with E-state index in [4.69, 9.17) is 14.2 Å². The quantitative estimate of drug-likeness (QED) is 0.795. The molecule has 0 bridgehead atoms. The maximum Gasteiger partial charge on any atom is 0.319 e. The predicted molar refractivity (Wildman–Crippen MR) is 95.7 cm³/mol. The van der Waals surface area contributed by atoms with Crippen LogP contribution in [0.3, 0.4) is 0 Å². The Morgan fingerprint density at radius 2 is 1.96 bits per heavy atom. The molecule has 0 radical (unpaired) electrons. The highest BCUT2D eigenvalue weighted by Crippen LogP contribution is 2.15. The van der Waals surface area contributed by atoms with Gasteiger partial charge in [0.25, 0.3) is 0 Å². The fourth-order valence-electron chi connectivity index (χ4n) is 3.17. The van der Waals surface area contributed by atoms with Crippen LogP contribution in [-0.2, 0) is 20.8 Å². The number of ether oxygens (including phenoxy) is 3. The number of urea groups is 1. The Balaban J connectivity index is 1.38. The van der Waals surface area contributed by atoms with Gasteiger partial charge in [0.05, 0.1) is 25.4 Å². The van der Waals surface area contributed by atoms with Crippen molar-refractivity contribution in [2.24, 2.45) is 0 Å². The molecule has 2 aliphatic heterocycles. The normalized spacial score (nSPS) is 23.4. The van der Waals surface area contributed by atoms with Crippen LogP contribution in [0, 0.1) is 0 Å². The van der Waals surface area contributed by atoms with Crippen molar-refractivity contribution in [1.82, 2.24) is 5.32 Å². The lowest BCUT2D eigenvalue weighted by molar-refractivity contribution is -0.0447. The summed E-state index contributed by atoms with van der Waals surface area (Å²) in [5.41, 5.74) is 1.80. The van der Waals surface area contributed by atoms with E-state index in [0.29, 0.717) is 19.8 Å². The summed E-state index contributed by atoms with van der Waals surface area (Å²) in [6.07, 6.45) is 5.89. The van der Waals surface area contributed by atoms with E-state index in [2.05, 4.69) is 10.6 Å². The van der Waals surface area contributed by atoms with E-state index in [-0.39, 0.29) is 18.2 Å². The summed E-state index contributed by atoms with van der Waals surface area (Å²) in [5, 5.41) is 5.72. The van der Waals surface area contributed by atoms with Crippen molar-refractivity contribution in [1.29, 1.82) is 0 Å². The molecule has 0 saturated carbocycles. The average Bonchev–Trinajstić information content (AvgIpc) is 3.15. The maximum absolute atomic E-state index is 12.0. The van der Waals surface area contributed by atoms with E-state index in [9.17, 15) is 4.79 Å². The first-order valence-corrected chi connectivity index (χ1v) is 9.24. The Labute approximate surface area is 149 Å². The van der Waals surface area contributed by atoms with Gasteiger partial charge in [0.1, 0.15) is 0 Å². The average molecular weight is 348 g/mol. The zero-order chi connectivity index (χ0) is 17.3. The van der Waals surface area contributed by atoms with E-state index < -0.39 is 0 Å². The number of hydrogen-bond acceptors (Lipinski definition) is 4. The first kappa shape index (κ1) is 18.2. The molecule has 6 nitrogen and oxygen atoms in total. The van der Waals surface area contributed by atoms with Crippen LogP contribution in [0.1, 0.15) is 37.7 Å². The Kier molecular flexibility index (Phi) is 7.09. The van der Waals surface area contributed by atoms with Crippen LogP contribution in [0.4, 0.5) is 10.5 Å². The zero-order valence-corrected chi connectivity index (χ0v) is 14.7. The Morgan fingerprint density at radius 3 is 2.76 bits per heavy atom. The molecule has 6 heteroatoms. The van der Waals surface area contributed by atoms with Gasteiger partial charge in [-0.05, 0) is 49.8 Å². The van der Waals surface area contributed by atoms with Gasteiger partial charge in [-0.15, -0.1) is 0 Å². The summed E-state index contributed by atoms with van der Waals surface area (Å²) in [7, 11) is 0. The van der Waals surface area contributed by atoms with Crippen LogP contribution < -0.4 is 10.6 Å². The van der Waals surface area contributed by atoms with Crippen molar-refractivity contribution in [3.8, 4) is 0 Å². The van der Waals surface area contributed by atoms with Crippen LogP contribution >= 0.6 is 0 Å². The molecule has 1 aromatic carbocycles. The van der Waals surface area contributed by atoms with E-state index >= 15 is 0 Å². The lowest BCUT2D eigenvalue weighted by Gasteiger charge is -2.22. The molecule has 2 heterocycles. The van der Waals surface area contributed by atoms with Crippen LogP contribution in [-0.4, -0.2) is 44.6 Å². The molecule has 25 heavy (non-hydrogen) atoms. The molecular formula is C19H28N2O4. The Hall–Kier alpha value is -1.63. The van der Waals surface area contributed by atoms with Crippen molar-refractivity contribution in [3.63, 3.8) is 0 Å². The van der Waals surface area contributed by atoms with Crippen LogP contribution in [0.25, 0.3) is 0 Å². The van der Waals surface area contributed by atoms with Gasteiger partial charge in [0.2, 0.25) is 0 Å². The highest BCUT2D eigenvalue weighted by atomic mass is 16.5. The molecular weight excluding hydrogens is 320 g/mol. The molecule has 1 aromatic rings. The predicted octanol–water partition coefficient (Wildman–Crippen LogP) is 3.07. The molecule has 3 rings (SSSR count). The number of anilines is 1. The minimum Gasteiger partial charge on any atom is -0.376 e. The Bertz CT molecular complexity index is 540. The van der Waals surface area contributed by atoms with Crippen LogP contribution in [0.5, 0.6) is 0 Å². The third kappa shape index (κ3) is 6.30. The van der Waals surface area contributed by atoms with Crippen molar-refractivity contribution < 1.29 is 19.0 Å². The largest absolute Gasteiger partial charge is 0.376 e. The molecule has 138 valence electrons. The minimum atomic E-state index is -0.204. The summed E-state index contributed by atoms with van der Waals surface area (Å²) in [5.74, 6) is 0. The Morgan fingerprint density at radius 1 is 1.12 bits per heavy atom. The summed E-state index contributed by atoms with van der Waals surface area (Å²) < 4.78 is 16.9. The number of nitrogens with one attached hydrogen (secondary N) is 2. The van der Waals surface area contributed by atoms with Crippen LogP contribution in [0.2, 0.25) is 0 Å². The summed E-state index contributed by atoms with van der Waals surface area (Å²) >= 11 is 0. The van der Waals surface area contributed by atoms with E-state index in [1.54, 1.807) is 0 Å². The van der Waals surface area contributed by atoms with E-state index in [1.807, 2.05) is 24.3 Å². The number of hydrogen-bond donors (Lipinski definition) is 2. The molecule has 0 spiro atoms. The molecule has 0 aliphatic carbocycles. The molecule has 2 aliphatic rings. The first-order chi connectivity index (χ1) is 12.3. The lowest BCUT2D eigenvalue weighted by Crippen LogP contribution is -2.35. The van der Waals surface area contributed by atoms with Gasteiger partial charge in [-0.2, -0.15) is 0 Å². The standard InChI is InChI=1S/C19H28N2O4/c22-19(20-12-17-8-4-10-24-17)21-16-6-3-5-15(11-16)13-23-14-18-7-1-2-9-25-18/h3,5-6,11,17-18H,1-2,4,7-10,12-14H2,(H2,20,21,22)/t17-,18+/m0/s1. The van der Waals surface area contributed by atoms with Gasteiger partial charge in [-0.1, -0.05) is 12.1 Å². The van der Waals surface area contributed by atoms with E-state index in [1.165, 1.54) is 6.42 Å². The minimum absolute atomic E-state index is 0.146. The molecule has 0 aromatic heterocycles. The number of benzene rings is 1. The van der Waals surface area contributed by atoms with Gasteiger partial charge in [-0.25, -0.2) is 4.79 Å². The van der Waals surface area contributed by atoms with Gasteiger partial charge in [-0.3, -0.25) is 0 Å². The number of carbonyl (C=O) groups excluding carboxylic acids is 1. The summed E-state index contributed by atoms with van der Waals surface area (Å²) in [6.45, 7) is 3.33. The van der Waals surface area contributed by atoms with Crippen molar-refractivity contribution in [2.45, 2.75) is 50.9 Å². The second-order valence-corrected chi connectivity index (χ2v) is 6.67. The van der Waals surface area contributed by atoms with E-state index in [0.717, 1.165) is 50.1 Å². The van der Waals surface area contributed by atoms with Gasteiger partial charge < -0.3 is 24.8 Å². The molecule has 0 unspecified atom stereocenters. The van der Waals surface area contributed by atoms with Crippen molar-refractivity contribution in [2.75, 3.05) is 31.7 Å². The fourth-order valence-corrected chi connectivity index (χ4v) is 3.17. The number of amides is 2. The lowest BCUT2D eigenvalue weighted by atomic mass is 10.1. The molecule has 2 atom stereocenters. The molecule has 2 amide bonds. The van der Waals surface area contributed by atoms with Crippen molar-refractivity contribution >= 4 is 11.7 Å². The highest BCUT2D eigenvalue weighted by Gasteiger charge is 2.16. The van der Waals surface area contributed by atoms with Gasteiger partial charge in [0.15, 0.2) is 0 Å². The second-order valence-electron chi connectivity index (χ2n) is 6.67. The zero-order valence-electron chi connectivity index (χ0n) is 14.7. The fraction of sp³-hybridized carbons (Fsp3) is 0.632. The molecule has 2 N–H and O–H groups in total. The smallest absolute Gasteiger partial charge is 0.319 e. The summed E-state index contributed by atoms with van der Waals surface area (Å²) in [4.78, 5) is 12.0. The molecule has 2 saturated heterocycles.